The van der Waals surface area contributed by atoms with Crippen LogP contribution in [0.15, 0.2) is 66.7 Å². The Morgan fingerprint density at radius 2 is 1.77 bits per heavy atom. The molecule has 4 heteroatoms. The number of carbonyl (C=O) groups is 1. The van der Waals surface area contributed by atoms with Gasteiger partial charge in [-0.1, -0.05) is 91.4 Å². The zero-order valence-corrected chi connectivity index (χ0v) is 19.4. The lowest BCUT2D eigenvalue weighted by Crippen LogP contribution is -2.31. The zero-order valence-electron chi connectivity index (χ0n) is 18.6. The highest BCUT2D eigenvalue weighted by Gasteiger charge is 2.22. The van der Waals surface area contributed by atoms with E-state index in [1.807, 2.05) is 23.1 Å². The van der Waals surface area contributed by atoms with Crippen molar-refractivity contribution in [1.82, 2.24) is 4.98 Å². The monoisotopic (exact) mass is 428 g/mol. The summed E-state index contributed by atoms with van der Waals surface area (Å²) in [6.45, 7) is 9.03. The third-order valence-corrected chi connectivity index (χ3v) is 6.66. The zero-order chi connectivity index (χ0) is 22.0. The van der Waals surface area contributed by atoms with Crippen LogP contribution < -0.4 is 4.90 Å². The predicted molar refractivity (Wildman–Crippen MR) is 131 cm³/mol. The fourth-order valence-corrected chi connectivity index (χ4v) is 4.89. The van der Waals surface area contributed by atoms with Crippen molar-refractivity contribution in [2.24, 2.45) is 0 Å². The molecule has 0 N–H and O–H groups in total. The van der Waals surface area contributed by atoms with E-state index in [0.717, 1.165) is 32.0 Å². The van der Waals surface area contributed by atoms with Crippen molar-refractivity contribution >= 4 is 32.6 Å². The second kappa shape index (κ2) is 9.03. The van der Waals surface area contributed by atoms with Crippen LogP contribution in [0.5, 0.6) is 0 Å². The first-order valence-electron chi connectivity index (χ1n) is 10.7. The van der Waals surface area contributed by atoms with Crippen LogP contribution in [0.1, 0.15) is 47.6 Å². The van der Waals surface area contributed by atoms with Gasteiger partial charge in [0.1, 0.15) is 0 Å². The first-order valence-corrected chi connectivity index (χ1v) is 11.5. The number of nitrogens with zero attached hydrogens (tertiary/aromatic N) is 2. The molecule has 4 rings (SSSR count). The SMILES string of the molecule is Cc1ccc(CC(=O)N(Cc2ccccc2)c2nc3c(C(C)C)cccc3s2)c(C)c1. The van der Waals surface area contributed by atoms with Gasteiger partial charge in [0.2, 0.25) is 5.91 Å². The molecule has 3 aromatic carbocycles. The number of aryl methyl sites for hydroxylation is 2. The summed E-state index contributed by atoms with van der Waals surface area (Å²) in [4.78, 5) is 20.3. The summed E-state index contributed by atoms with van der Waals surface area (Å²) >= 11 is 1.60. The first-order chi connectivity index (χ1) is 14.9. The van der Waals surface area contributed by atoms with Crippen molar-refractivity contribution in [3.8, 4) is 0 Å². The highest BCUT2D eigenvalue weighted by atomic mass is 32.1. The summed E-state index contributed by atoms with van der Waals surface area (Å²) in [5, 5.41) is 0.765. The van der Waals surface area contributed by atoms with Gasteiger partial charge in [-0.05, 0) is 48.1 Å². The van der Waals surface area contributed by atoms with E-state index in [9.17, 15) is 4.79 Å². The van der Waals surface area contributed by atoms with Gasteiger partial charge in [0.05, 0.1) is 23.2 Å². The maximum atomic E-state index is 13.5. The summed E-state index contributed by atoms with van der Waals surface area (Å²) in [7, 11) is 0. The number of carbonyl (C=O) groups excluding carboxylic acids is 1. The number of amides is 1. The molecule has 0 aliphatic carbocycles. The van der Waals surface area contributed by atoms with Gasteiger partial charge in [-0.3, -0.25) is 9.69 Å². The summed E-state index contributed by atoms with van der Waals surface area (Å²) in [5.74, 6) is 0.452. The average Bonchev–Trinajstić information content (AvgIpc) is 3.18. The fraction of sp³-hybridized carbons (Fsp3) is 0.259. The Kier molecular flexibility index (Phi) is 6.19. The van der Waals surface area contributed by atoms with E-state index in [4.69, 9.17) is 4.98 Å². The highest BCUT2D eigenvalue weighted by Crippen LogP contribution is 2.34. The van der Waals surface area contributed by atoms with Crippen LogP contribution >= 0.6 is 11.3 Å². The lowest BCUT2D eigenvalue weighted by molar-refractivity contribution is -0.118. The third-order valence-electron chi connectivity index (χ3n) is 5.62. The Morgan fingerprint density at radius 1 is 1.00 bits per heavy atom. The van der Waals surface area contributed by atoms with Crippen molar-refractivity contribution in [2.45, 2.75) is 46.6 Å². The molecule has 1 heterocycles. The Hall–Kier alpha value is -2.98. The summed E-state index contributed by atoms with van der Waals surface area (Å²) < 4.78 is 1.12. The largest absolute Gasteiger partial charge is 0.283 e. The topological polar surface area (TPSA) is 33.2 Å². The quantitative estimate of drug-likeness (QED) is 0.338. The molecule has 0 radical (unpaired) electrons. The van der Waals surface area contributed by atoms with Gasteiger partial charge in [-0.25, -0.2) is 4.98 Å². The molecule has 0 bridgehead atoms. The molecule has 0 fully saturated rings. The van der Waals surface area contributed by atoms with Crippen LogP contribution in [-0.2, 0) is 17.8 Å². The first kappa shape index (κ1) is 21.3. The minimum Gasteiger partial charge on any atom is -0.283 e. The number of fused-ring (bicyclic) bond motifs is 1. The summed E-state index contributed by atoms with van der Waals surface area (Å²) in [6, 6.07) is 22.7. The lowest BCUT2D eigenvalue weighted by atomic mass is 10.0. The molecule has 158 valence electrons. The van der Waals surface area contributed by atoms with Gasteiger partial charge >= 0.3 is 0 Å². The second-order valence-corrected chi connectivity index (χ2v) is 9.43. The van der Waals surface area contributed by atoms with Crippen molar-refractivity contribution in [3.05, 3.63) is 94.5 Å². The van der Waals surface area contributed by atoms with E-state index in [-0.39, 0.29) is 5.91 Å². The molecule has 0 saturated heterocycles. The van der Waals surface area contributed by atoms with Crippen LogP contribution in [0.4, 0.5) is 5.13 Å². The number of hydrogen-bond acceptors (Lipinski definition) is 3. The van der Waals surface area contributed by atoms with E-state index < -0.39 is 0 Å². The number of benzene rings is 3. The molecule has 0 spiro atoms. The van der Waals surface area contributed by atoms with Gasteiger partial charge in [0.15, 0.2) is 5.13 Å². The van der Waals surface area contributed by atoms with E-state index in [2.05, 4.69) is 76.2 Å². The van der Waals surface area contributed by atoms with Gasteiger partial charge < -0.3 is 0 Å². The Bertz CT molecular complexity index is 1210. The van der Waals surface area contributed by atoms with Crippen molar-refractivity contribution in [3.63, 3.8) is 0 Å². The number of thiazole rings is 1. The van der Waals surface area contributed by atoms with Crippen LogP contribution in [0.25, 0.3) is 10.2 Å². The smallest absolute Gasteiger partial charge is 0.233 e. The Balaban J connectivity index is 1.73. The van der Waals surface area contributed by atoms with E-state index in [1.165, 1.54) is 11.1 Å². The van der Waals surface area contributed by atoms with Crippen molar-refractivity contribution < 1.29 is 4.79 Å². The number of anilines is 1. The molecule has 0 saturated carbocycles. The van der Waals surface area contributed by atoms with Crippen LogP contribution in [-0.4, -0.2) is 10.9 Å². The fourth-order valence-electron chi connectivity index (χ4n) is 3.87. The Morgan fingerprint density at radius 3 is 2.48 bits per heavy atom. The maximum Gasteiger partial charge on any atom is 0.233 e. The molecule has 0 aliphatic rings. The molecule has 1 aromatic heterocycles. The molecule has 3 nitrogen and oxygen atoms in total. The summed E-state index contributed by atoms with van der Waals surface area (Å²) in [5.41, 5.74) is 6.76. The summed E-state index contributed by atoms with van der Waals surface area (Å²) in [6.07, 6.45) is 0.367. The van der Waals surface area contributed by atoms with Crippen molar-refractivity contribution in [1.29, 1.82) is 0 Å². The van der Waals surface area contributed by atoms with E-state index in [0.29, 0.717) is 18.9 Å². The molecular formula is C27H28N2OS. The molecule has 31 heavy (non-hydrogen) atoms. The lowest BCUT2D eigenvalue weighted by Gasteiger charge is -2.21. The van der Waals surface area contributed by atoms with E-state index in [1.54, 1.807) is 11.3 Å². The highest BCUT2D eigenvalue weighted by molar-refractivity contribution is 7.22. The molecule has 4 aromatic rings. The van der Waals surface area contributed by atoms with Gasteiger partial charge in [-0.15, -0.1) is 0 Å². The molecule has 0 aliphatic heterocycles. The third kappa shape index (κ3) is 4.70. The number of para-hydroxylation sites is 1. The van der Waals surface area contributed by atoms with E-state index >= 15 is 0 Å². The Labute approximate surface area is 188 Å². The molecule has 0 unspecified atom stereocenters. The van der Waals surface area contributed by atoms with Gasteiger partial charge in [-0.2, -0.15) is 0 Å². The van der Waals surface area contributed by atoms with Gasteiger partial charge in [0, 0.05) is 0 Å². The van der Waals surface area contributed by atoms with Crippen molar-refractivity contribution in [2.75, 3.05) is 4.90 Å². The number of hydrogen-bond donors (Lipinski definition) is 0. The number of rotatable bonds is 6. The molecule has 0 atom stereocenters. The molecule has 1 amide bonds. The van der Waals surface area contributed by atoms with Crippen LogP contribution in [0, 0.1) is 13.8 Å². The standard InChI is InChI=1S/C27H28N2OS/c1-18(2)23-11-8-12-24-26(23)28-27(31-24)29(17-21-9-6-5-7-10-21)25(30)16-22-14-13-19(3)15-20(22)4/h5-15,18H,16-17H2,1-4H3. The molecular weight excluding hydrogens is 400 g/mol. The van der Waals surface area contributed by atoms with Crippen LogP contribution in [0.2, 0.25) is 0 Å². The normalized spacial score (nSPS) is 11.3. The average molecular weight is 429 g/mol. The minimum absolute atomic E-state index is 0.0703. The van der Waals surface area contributed by atoms with Crippen LogP contribution in [0.3, 0.4) is 0 Å². The minimum atomic E-state index is 0.0703. The maximum absolute atomic E-state index is 13.5. The number of aromatic nitrogens is 1. The predicted octanol–water partition coefficient (Wildman–Crippen LogP) is 6.81. The second-order valence-electron chi connectivity index (χ2n) is 8.42. The van der Waals surface area contributed by atoms with Gasteiger partial charge in [0.25, 0.3) is 0 Å².